The van der Waals surface area contributed by atoms with Gasteiger partial charge < -0.3 is 0 Å². The molecule has 0 heterocycles. The van der Waals surface area contributed by atoms with E-state index in [0.717, 1.165) is 6.42 Å². The fourth-order valence-electron chi connectivity index (χ4n) is 2.78. The van der Waals surface area contributed by atoms with Crippen LogP contribution in [0.3, 0.4) is 0 Å². The molecule has 132 valence electrons. The molecule has 2 aliphatic rings. The quantitative estimate of drug-likeness (QED) is 0.316. The Hall–Kier alpha value is 0.0600. The zero-order valence-electron chi connectivity index (χ0n) is 16.8. The Balaban J connectivity index is 0.000000478. The van der Waals surface area contributed by atoms with Crippen LogP contribution < -0.4 is 0 Å². The van der Waals surface area contributed by atoms with E-state index >= 15 is 0 Å². The first-order valence-corrected chi connectivity index (χ1v) is 15.7. The van der Waals surface area contributed by atoms with Gasteiger partial charge in [-0.2, -0.15) is 17.2 Å². The molecular weight excluding hydrogens is 384 g/mol. The molecule has 2 heteroatoms. The van der Waals surface area contributed by atoms with Crippen molar-refractivity contribution in [2.45, 2.75) is 85.7 Å². The summed E-state index contributed by atoms with van der Waals surface area (Å²) in [5.74, 6) is 0.586. The van der Waals surface area contributed by atoms with Crippen molar-refractivity contribution in [2.24, 2.45) is 5.92 Å². The molecule has 1 unspecified atom stereocenters. The van der Waals surface area contributed by atoms with Gasteiger partial charge in [-0.05, 0) is 6.42 Å². The number of rotatable bonds is 6. The third-order valence-electron chi connectivity index (χ3n) is 3.96. The van der Waals surface area contributed by atoms with Gasteiger partial charge in [0.2, 0.25) is 0 Å². The summed E-state index contributed by atoms with van der Waals surface area (Å²) < 4.78 is 0. The van der Waals surface area contributed by atoms with Crippen molar-refractivity contribution in [3.05, 3.63) is 47.1 Å². The first-order valence-electron chi connectivity index (χ1n) is 9.49. The molecular formula is C22H36SiZr. The van der Waals surface area contributed by atoms with Crippen molar-refractivity contribution >= 4 is 5.43 Å². The molecule has 0 nitrogen and oxygen atoms in total. The van der Waals surface area contributed by atoms with Crippen molar-refractivity contribution in [3.8, 4) is 0 Å². The van der Waals surface area contributed by atoms with Gasteiger partial charge >= 0.3 is 41.9 Å². The molecule has 2 aliphatic carbocycles. The van der Waals surface area contributed by atoms with Crippen molar-refractivity contribution < 1.29 is 23.3 Å². The first-order chi connectivity index (χ1) is 11.4. The molecule has 0 saturated heterocycles. The summed E-state index contributed by atoms with van der Waals surface area (Å²) in [6.07, 6.45) is 21.4. The van der Waals surface area contributed by atoms with E-state index in [9.17, 15) is 0 Å². The Morgan fingerprint density at radius 3 is 2.17 bits per heavy atom. The van der Waals surface area contributed by atoms with Crippen molar-refractivity contribution in [1.82, 2.24) is 0 Å². The van der Waals surface area contributed by atoms with E-state index in [2.05, 4.69) is 59.0 Å². The Labute approximate surface area is 167 Å². The van der Waals surface area contributed by atoms with E-state index in [1.807, 2.05) is 12.2 Å². The molecule has 0 aromatic rings. The Kier molecular flexibility index (Phi) is 15.4. The van der Waals surface area contributed by atoms with E-state index in [1.165, 1.54) is 44.1 Å². The van der Waals surface area contributed by atoms with Crippen LogP contribution in [0, 0.1) is 18.1 Å². The normalized spacial score (nSPS) is 18.0. The maximum absolute atomic E-state index is 3.58. The number of allylic oxidation sites excluding steroid dienone is 8. The standard InChI is InChI=1S/C15H25.C5H5.C2H6Si.Zr/c1-5-7-9-14-12(3)11-13(4)15(14)10-8-6-2;1-2-4-5-3-1;1-3-2;/h12H,5-10H2,1-4H3;1-3H,4H2;1-2H3;/q2*-1;;+2. The van der Waals surface area contributed by atoms with Gasteiger partial charge in [0.1, 0.15) is 0 Å². The summed E-state index contributed by atoms with van der Waals surface area (Å²) in [6.45, 7) is 13.7. The van der Waals surface area contributed by atoms with Gasteiger partial charge in [0, 0.05) is 0 Å². The average molecular weight is 420 g/mol. The molecule has 0 N–H and O–H groups in total. The van der Waals surface area contributed by atoms with Crippen molar-refractivity contribution in [2.75, 3.05) is 0 Å². The second-order valence-electron chi connectivity index (χ2n) is 6.70. The van der Waals surface area contributed by atoms with Crippen LogP contribution in [0.25, 0.3) is 0 Å². The molecule has 0 fully saturated rings. The maximum atomic E-state index is 3.58. The minimum absolute atomic E-state index is 0.210. The zero-order chi connectivity index (χ0) is 18.4. The third kappa shape index (κ3) is 11.6. The van der Waals surface area contributed by atoms with Crippen molar-refractivity contribution in [3.63, 3.8) is 0 Å². The van der Waals surface area contributed by atoms with Gasteiger partial charge in [-0.1, -0.05) is 65.7 Å². The van der Waals surface area contributed by atoms with Crippen LogP contribution in [0.4, 0.5) is 0 Å². The smallest absolute Gasteiger partial charge is 0.109 e. The molecule has 0 amide bonds. The van der Waals surface area contributed by atoms with Gasteiger partial charge in [0.25, 0.3) is 0 Å². The van der Waals surface area contributed by atoms with Gasteiger partial charge in [-0.25, -0.2) is 17.7 Å². The molecule has 0 saturated carbocycles. The minimum atomic E-state index is 0.210. The summed E-state index contributed by atoms with van der Waals surface area (Å²) in [5.41, 5.74) is 4.96. The van der Waals surface area contributed by atoms with Gasteiger partial charge in [-0.15, -0.1) is 6.42 Å². The molecule has 0 aromatic heterocycles. The molecule has 2 rings (SSSR count). The van der Waals surface area contributed by atoms with Gasteiger partial charge in [0.05, 0.1) is 0 Å². The van der Waals surface area contributed by atoms with Gasteiger partial charge in [0.15, 0.2) is 0 Å². The molecule has 0 spiro atoms. The van der Waals surface area contributed by atoms with Crippen LogP contribution in [0.1, 0.15) is 72.6 Å². The number of hydrogen-bond donors (Lipinski definition) is 0. The van der Waals surface area contributed by atoms with Gasteiger partial charge in [-0.3, -0.25) is 12.2 Å². The van der Waals surface area contributed by atoms with E-state index < -0.39 is 0 Å². The molecule has 0 aliphatic heterocycles. The molecule has 0 bridgehead atoms. The molecule has 1 atom stereocenters. The summed E-state index contributed by atoms with van der Waals surface area (Å²) in [4.78, 5) is 0. The Morgan fingerprint density at radius 2 is 1.75 bits per heavy atom. The summed E-state index contributed by atoms with van der Waals surface area (Å²) >= 11 is 1.74. The van der Waals surface area contributed by atoms with Crippen LogP contribution in [0.2, 0.25) is 13.1 Å². The number of unbranched alkanes of at least 4 members (excludes halogenated alkanes) is 2. The molecule has 0 radical (unpaired) electrons. The summed E-state index contributed by atoms with van der Waals surface area (Å²) in [5, 5.41) is 0. The van der Waals surface area contributed by atoms with Crippen molar-refractivity contribution in [1.29, 1.82) is 0 Å². The predicted molar refractivity (Wildman–Crippen MR) is 107 cm³/mol. The predicted octanol–water partition coefficient (Wildman–Crippen LogP) is 7.15. The summed E-state index contributed by atoms with van der Waals surface area (Å²) in [7, 11) is 0. The Bertz CT molecular complexity index is 466. The topological polar surface area (TPSA) is 0 Å². The first kappa shape index (κ1) is 24.1. The fraction of sp³-hybridized carbons (Fsp3) is 0.636. The summed E-state index contributed by atoms with van der Waals surface area (Å²) in [6, 6.07) is 0. The Morgan fingerprint density at radius 1 is 1.17 bits per heavy atom. The molecule has 24 heavy (non-hydrogen) atoms. The van der Waals surface area contributed by atoms with E-state index in [0.29, 0.717) is 5.92 Å². The van der Waals surface area contributed by atoms with E-state index in [1.54, 1.807) is 34.5 Å². The van der Waals surface area contributed by atoms with Crippen LogP contribution in [0.15, 0.2) is 34.9 Å². The SMILES string of the molecule is CCCCC1=C(CCCC)C(C)[C-]=C1C.C[Si](C)=[Zr+2].[C-]1=CC=CC1. The van der Waals surface area contributed by atoms with E-state index in [4.69, 9.17) is 0 Å². The third-order valence-corrected chi connectivity index (χ3v) is 3.96. The number of hydrogen-bond acceptors (Lipinski definition) is 0. The monoisotopic (exact) mass is 418 g/mol. The van der Waals surface area contributed by atoms with Crippen LogP contribution >= 0.6 is 0 Å². The fourth-order valence-corrected chi connectivity index (χ4v) is 2.78. The molecule has 0 aromatic carbocycles. The second-order valence-corrected chi connectivity index (χ2v) is 16.1. The van der Waals surface area contributed by atoms with Crippen LogP contribution in [-0.4, -0.2) is 5.43 Å². The minimum Gasteiger partial charge on any atom is -0.273 e. The second kappa shape index (κ2) is 15.3. The largest absolute Gasteiger partial charge is 0.273 e. The maximum Gasteiger partial charge on any atom is -0.109 e. The van der Waals surface area contributed by atoms with E-state index in [-0.39, 0.29) is 5.43 Å². The average Bonchev–Trinajstić information content (AvgIpc) is 3.15. The van der Waals surface area contributed by atoms with Crippen LogP contribution in [0.5, 0.6) is 0 Å². The zero-order valence-corrected chi connectivity index (χ0v) is 20.2. The van der Waals surface area contributed by atoms with Crippen LogP contribution in [-0.2, 0) is 23.3 Å².